The van der Waals surface area contributed by atoms with Crippen LogP contribution in [0.25, 0.3) is 0 Å². The van der Waals surface area contributed by atoms with Gasteiger partial charge >= 0.3 is 0 Å². The maximum absolute atomic E-state index is 13.5. The number of methoxy groups -OCH3 is 1. The van der Waals surface area contributed by atoms with Crippen LogP contribution in [0.5, 0.6) is 11.5 Å². The van der Waals surface area contributed by atoms with Gasteiger partial charge in [0.15, 0.2) is 11.5 Å². The molecule has 0 radical (unpaired) electrons. The van der Waals surface area contributed by atoms with Crippen LogP contribution in [0.2, 0.25) is 0 Å². The highest BCUT2D eigenvalue weighted by Crippen LogP contribution is 2.51. The minimum absolute atomic E-state index is 0.0385. The van der Waals surface area contributed by atoms with Gasteiger partial charge in [-0.2, -0.15) is 0 Å². The van der Waals surface area contributed by atoms with Crippen LogP contribution in [0, 0.1) is 5.92 Å². The third-order valence-corrected chi connectivity index (χ3v) is 7.74. The van der Waals surface area contributed by atoms with E-state index in [-0.39, 0.29) is 25.0 Å². The van der Waals surface area contributed by atoms with Gasteiger partial charge in [0.25, 0.3) is 0 Å². The lowest BCUT2D eigenvalue weighted by Crippen LogP contribution is -2.57. The minimum Gasteiger partial charge on any atom is -0.493 e. The largest absolute Gasteiger partial charge is 0.493 e. The van der Waals surface area contributed by atoms with E-state index in [0.29, 0.717) is 60.8 Å². The first-order valence-corrected chi connectivity index (χ1v) is 13.2. The number of morpholine rings is 1. The van der Waals surface area contributed by atoms with Crippen LogP contribution in [-0.4, -0.2) is 116 Å². The molecular weight excluding hydrogens is 494 g/mol. The lowest BCUT2D eigenvalue weighted by atomic mass is 9.77. The molecule has 2 aliphatic heterocycles. The molecule has 3 N–H and O–H groups in total. The van der Waals surface area contributed by atoms with Crippen LogP contribution in [0.4, 0.5) is 0 Å². The van der Waals surface area contributed by atoms with Gasteiger partial charge in [-0.05, 0) is 31.1 Å². The summed E-state index contributed by atoms with van der Waals surface area (Å²) in [5.41, 5.74) is 1.24. The highest BCUT2D eigenvalue weighted by atomic mass is 16.5. The minimum atomic E-state index is -1.13. The number of nitrogens with one attached hydrogen (secondary N) is 1. The van der Waals surface area contributed by atoms with Crippen molar-refractivity contribution in [3.8, 4) is 11.5 Å². The number of hydrogen-bond donors (Lipinski definition) is 3. The highest BCUT2D eigenvalue weighted by Gasteiger charge is 2.52. The molecule has 0 spiro atoms. The zero-order valence-electron chi connectivity index (χ0n) is 21.5. The van der Waals surface area contributed by atoms with Crippen LogP contribution in [0.1, 0.15) is 34.7 Å². The quantitative estimate of drug-likeness (QED) is 0.349. The maximum atomic E-state index is 13.5. The average Bonchev–Trinajstić information content (AvgIpc) is 3.73. The van der Waals surface area contributed by atoms with Gasteiger partial charge in [0.05, 0.1) is 38.9 Å². The Balaban J connectivity index is 1.52. The normalized spacial score (nSPS) is 26.4. The summed E-state index contributed by atoms with van der Waals surface area (Å²) >= 11 is 0. The van der Waals surface area contributed by atoms with Gasteiger partial charge in [0.1, 0.15) is 18.5 Å². The van der Waals surface area contributed by atoms with Crippen molar-refractivity contribution in [2.24, 2.45) is 5.92 Å². The lowest BCUT2D eigenvalue weighted by molar-refractivity contribution is -0.139. The van der Waals surface area contributed by atoms with Gasteiger partial charge < -0.3 is 34.6 Å². The molecule has 38 heavy (non-hydrogen) atoms. The summed E-state index contributed by atoms with van der Waals surface area (Å²) in [5.74, 6) is -0.533. The molecule has 0 aromatic heterocycles. The number of benzene rings is 1. The van der Waals surface area contributed by atoms with Crippen molar-refractivity contribution in [3.05, 3.63) is 34.9 Å². The molecule has 0 bridgehead atoms. The molecule has 1 aromatic rings. The van der Waals surface area contributed by atoms with Crippen LogP contribution in [0.15, 0.2) is 23.8 Å². The summed E-state index contributed by atoms with van der Waals surface area (Å²) in [6.07, 6.45) is 1.97. The maximum Gasteiger partial charge on any atom is 0.247 e. The molecule has 1 saturated carbocycles. The molecular formula is C27H35N3O8. The Labute approximate surface area is 221 Å². The smallest absolute Gasteiger partial charge is 0.247 e. The second-order valence-electron chi connectivity index (χ2n) is 10.2. The number of hydrogen-bond acceptors (Lipinski definition) is 9. The molecule has 206 valence electrons. The van der Waals surface area contributed by atoms with Gasteiger partial charge in [0.2, 0.25) is 11.8 Å². The molecule has 0 unspecified atom stereocenters. The van der Waals surface area contributed by atoms with Gasteiger partial charge in [0, 0.05) is 55.3 Å². The number of ether oxygens (including phenoxy) is 3. The first kappa shape index (κ1) is 26.6. The van der Waals surface area contributed by atoms with Gasteiger partial charge in [-0.15, -0.1) is 0 Å². The van der Waals surface area contributed by atoms with Crippen LogP contribution in [0.3, 0.4) is 0 Å². The summed E-state index contributed by atoms with van der Waals surface area (Å²) in [5, 5.41) is 23.7. The number of carbonyl (C=O) groups is 3. The molecule has 2 heterocycles. The number of carbonyl (C=O) groups excluding carboxylic acids is 3. The predicted molar refractivity (Wildman–Crippen MR) is 135 cm³/mol. The molecule has 1 aromatic carbocycles. The lowest BCUT2D eigenvalue weighted by Gasteiger charge is -2.41. The Morgan fingerprint density at radius 3 is 2.68 bits per heavy atom. The second-order valence-corrected chi connectivity index (χ2v) is 10.2. The molecule has 2 aliphatic carbocycles. The van der Waals surface area contributed by atoms with Crippen LogP contribution in [-0.2, 0) is 14.3 Å². The second kappa shape index (κ2) is 11.4. The van der Waals surface area contributed by atoms with E-state index in [1.807, 2.05) is 0 Å². The van der Waals surface area contributed by atoms with Gasteiger partial charge in [-0.3, -0.25) is 19.3 Å². The fourth-order valence-corrected chi connectivity index (χ4v) is 5.60. The van der Waals surface area contributed by atoms with Crippen molar-refractivity contribution in [3.63, 3.8) is 0 Å². The van der Waals surface area contributed by atoms with E-state index in [0.717, 1.165) is 25.9 Å². The first-order valence-electron chi connectivity index (χ1n) is 13.2. The van der Waals surface area contributed by atoms with Crippen molar-refractivity contribution in [1.29, 1.82) is 0 Å². The molecule has 4 atom stereocenters. The Morgan fingerprint density at radius 1 is 1.26 bits per heavy atom. The van der Waals surface area contributed by atoms with Crippen molar-refractivity contribution >= 4 is 18.1 Å². The van der Waals surface area contributed by atoms with E-state index in [2.05, 4.69) is 10.2 Å². The average molecular weight is 530 g/mol. The fraction of sp³-hybridized carbons (Fsp3) is 0.593. The van der Waals surface area contributed by atoms with Crippen LogP contribution < -0.4 is 14.8 Å². The first-order chi connectivity index (χ1) is 18.5. The summed E-state index contributed by atoms with van der Waals surface area (Å²) < 4.78 is 17.1. The number of aliphatic hydroxyl groups is 2. The highest BCUT2D eigenvalue weighted by molar-refractivity contribution is 5.96. The number of rotatable bonds is 10. The van der Waals surface area contributed by atoms with Crippen molar-refractivity contribution in [1.82, 2.24) is 15.1 Å². The zero-order valence-corrected chi connectivity index (χ0v) is 21.5. The Bertz CT molecular complexity index is 1100. The standard InChI is InChI=1S/C27H35N3O8/c1-36-21-13-16(15-32)12-18-22-19(26(34)28-4-9-31)14-20(23(33)25(22)38-24(18)21)30(27(35)17-2-3-17)6-5-29-7-10-37-11-8-29/h12-15,17,20,22-23,25,31,33H,2-11H2,1H3,(H,28,34)/t20-,22+,23+,25+/m1/s1. The Morgan fingerprint density at radius 2 is 2.03 bits per heavy atom. The zero-order chi connectivity index (χ0) is 26.8. The third kappa shape index (κ3) is 5.15. The summed E-state index contributed by atoms with van der Waals surface area (Å²) in [7, 11) is 1.46. The number of aldehydes is 1. The Hall–Kier alpha value is -2.99. The van der Waals surface area contributed by atoms with Gasteiger partial charge in [-0.1, -0.05) is 0 Å². The number of nitrogens with zero attached hydrogens (tertiary/aromatic N) is 2. The molecule has 2 fully saturated rings. The number of aliphatic hydroxyl groups excluding tert-OH is 2. The molecule has 1 saturated heterocycles. The molecule has 11 nitrogen and oxygen atoms in total. The van der Waals surface area contributed by atoms with E-state index in [4.69, 9.17) is 14.2 Å². The van der Waals surface area contributed by atoms with Gasteiger partial charge in [-0.25, -0.2) is 0 Å². The van der Waals surface area contributed by atoms with E-state index in [1.165, 1.54) is 7.11 Å². The van der Waals surface area contributed by atoms with E-state index in [9.17, 15) is 24.6 Å². The molecule has 5 rings (SSSR count). The van der Waals surface area contributed by atoms with E-state index < -0.39 is 30.1 Å². The monoisotopic (exact) mass is 529 g/mol. The number of amides is 2. The fourth-order valence-electron chi connectivity index (χ4n) is 5.60. The Kier molecular flexibility index (Phi) is 7.98. The number of fused-ring (bicyclic) bond motifs is 3. The van der Waals surface area contributed by atoms with Crippen LogP contribution >= 0.6 is 0 Å². The summed E-state index contributed by atoms with van der Waals surface area (Å²) in [4.78, 5) is 42.4. The van der Waals surface area contributed by atoms with Crippen molar-refractivity contribution in [2.75, 3.05) is 59.7 Å². The van der Waals surface area contributed by atoms with E-state index >= 15 is 0 Å². The third-order valence-electron chi connectivity index (χ3n) is 7.74. The molecule has 2 amide bonds. The summed E-state index contributed by atoms with van der Waals surface area (Å²) in [6.45, 7) is 3.64. The molecule has 4 aliphatic rings. The SMILES string of the molecule is COc1cc(C=O)cc2c1O[C@@H]1[C@@H](O)[C@H](N(CCN3CCOCC3)C(=O)C3CC3)C=C(C(=O)NCCO)[C@H]21. The van der Waals surface area contributed by atoms with Crippen molar-refractivity contribution in [2.45, 2.75) is 37.0 Å². The predicted octanol–water partition coefficient (Wildman–Crippen LogP) is -0.299. The summed E-state index contributed by atoms with van der Waals surface area (Å²) in [6, 6.07) is 2.40. The topological polar surface area (TPSA) is 138 Å². The van der Waals surface area contributed by atoms with Crippen molar-refractivity contribution < 1.29 is 38.8 Å². The molecule has 11 heteroatoms. The van der Waals surface area contributed by atoms with E-state index in [1.54, 1.807) is 23.1 Å².